The first-order valence-electron chi connectivity index (χ1n) is 6.58. The van der Waals surface area contributed by atoms with Crippen molar-refractivity contribution < 1.29 is 4.79 Å². The van der Waals surface area contributed by atoms with E-state index >= 15 is 0 Å². The van der Waals surface area contributed by atoms with Crippen LogP contribution in [0.1, 0.15) is 15.4 Å². The predicted molar refractivity (Wildman–Crippen MR) is 96.1 cm³/mol. The Balaban J connectivity index is 1.76. The Kier molecular flexibility index (Phi) is 4.73. The number of carbonyl (C=O) groups is 1. The van der Waals surface area contributed by atoms with Crippen LogP contribution in [-0.4, -0.2) is 10.9 Å². The third-order valence-corrected chi connectivity index (χ3v) is 7.36. The van der Waals surface area contributed by atoms with Gasteiger partial charge in [-0.2, -0.15) is 0 Å². The fourth-order valence-corrected chi connectivity index (χ4v) is 5.97. The van der Waals surface area contributed by atoms with Crippen LogP contribution in [0.5, 0.6) is 0 Å². The molecule has 0 saturated heterocycles. The monoisotopic (exact) mass is 368 g/mol. The molecule has 0 unspecified atom stereocenters. The van der Waals surface area contributed by atoms with Crippen LogP contribution >= 0.6 is 46.0 Å². The first-order valence-corrected chi connectivity index (χ1v) is 9.57. The molecule has 0 spiro atoms. The molecule has 114 valence electrons. The molecule has 2 aromatic heterocycles. The molecule has 2 heterocycles. The number of thiazole rings is 1. The molecular weight excluding hydrogens is 356 g/mol. The minimum absolute atomic E-state index is 0.258. The summed E-state index contributed by atoms with van der Waals surface area (Å²) in [7, 11) is 0. The van der Waals surface area contributed by atoms with Gasteiger partial charge in [-0.15, -0.1) is 22.7 Å². The van der Waals surface area contributed by atoms with Crippen LogP contribution in [0.2, 0.25) is 5.02 Å². The molecule has 1 amide bonds. The highest BCUT2D eigenvalue weighted by Gasteiger charge is 2.13. The van der Waals surface area contributed by atoms with E-state index in [9.17, 15) is 4.79 Å². The molecule has 3 nitrogen and oxygen atoms in total. The normalized spacial score (nSPS) is 11.2. The van der Waals surface area contributed by atoms with Gasteiger partial charge in [-0.1, -0.05) is 41.6 Å². The maximum Gasteiger partial charge on any atom is 0.222 e. The van der Waals surface area contributed by atoms with Gasteiger partial charge in [0.2, 0.25) is 5.91 Å². The number of rotatable bonds is 5. The average Bonchev–Trinajstić information content (AvgIpc) is 2.98. The summed E-state index contributed by atoms with van der Waals surface area (Å²) in [5, 5.41) is 1.94. The smallest absolute Gasteiger partial charge is 0.222 e. The van der Waals surface area contributed by atoms with Crippen LogP contribution in [-0.2, 0) is 17.0 Å². The van der Waals surface area contributed by atoms with Crippen molar-refractivity contribution in [3.05, 3.63) is 44.7 Å². The number of primary amides is 1. The number of fused-ring (bicyclic) bond motifs is 1. The lowest BCUT2D eigenvalue weighted by molar-refractivity contribution is -0.117. The average molecular weight is 369 g/mol. The summed E-state index contributed by atoms with van der Waals surface area (Å²) in [4.78, 5) is 17.6. The minimum Gasteiger partial charge on any atom is -0.369 e. The molecule has 0 aliphatic carbocycles. The molecule has 0 bridgehead atoms. The third kappa shape index (κ3) is 3.30. The largest absolute Gasteiger partial charge is 0.369 e. The van der Waals surface area contributed by atoms with Crippen molar-refractivity contribution in [1.29, 1.82) is 0 Å². The van der Waals surface area contributed by atoms with E-state index in [1.165, 1.54) is 16.0 Å². The molecule has 7 heteroatoms. The number of hydrogen-bond acceptors (Lipinski definition) is 5. The molecule has 0 aliphatic heterocycles. The van der Waals surface area contributed by atoms with E-state index in [0.29, 0.717) is 0 Å². The number of amides is 1. The molecule has 3 rings (SSSR count). The Morgan fingerprint density at radius 1 is 1.32 bits per heavy atom. The lowest BCUT2D eigenvalue weighted by Crippen LogP contribution is -2.13. The minimum atomic E-state index is -0.323. The summed E-state index contributed by atoms with van der Waals surface area (Å²) in [5.74, 6) is 0.456. The number of aryl methyl sites for hydroxylation is 1. The summed E-state index contributed by atoms with van der Waals surface area (Å²) >= 11 is 11.3. The van der Waals surface area contributed by atoms with Gasteiger partial charge in [-0.3, -0.25) is 4.79 Å². The summed E-state index contributed by atoms with van der Waals surface area (Å²) < 4.78 is 2.15. The second-order valence-electron chi connectivity index (χ2n) is 4.76. The van der Waals surface area contributed by atoms with Crippen LogP contribution in [0.3, 0.4) is 0 Å². The van der Waals surface area contributed by atoms with Crippen molar-refractivity contribution in [2.24, 2.45) is 5.73 Å². The maximum atomic E-state index is 11.0. The van der Waals surface area contributed by atoms with E-state index in [0.717, 1.165) is 35.9 Å². The van der Waals surface area contributed by atoms with Gasteiger partial charge >= 0.3 is 0 Å². The summed E-state index contributed by atoms with van der Waals surface area (Å²) in [6.07, 6.45) is 0.258. The van der Waals surface area contributed by atoms with Crippen molar-refractivity contribution in [1.82, 2.24) is 4.98 Å². The Bertz CT molecular complexity index is 841. The first kappa shape index (κ1) is 15.8. The quantitative estimate of drug-likeness (QED) is 0.667. The van der Waals surface area contributed by atoms with Gasteiger partial charge in [0.05, 0.1) is 17.1 Å². The van der Waals surface area contributed by atoms with E-state index in [-0.39, 0.29) is 12.3 Å². The molecule has 0 atom stereocenters. The number of nitrogens with zero attached hydrogens (tertiary/aromatic N) is 1. The van der Waals surface area contributed by atoms with Crippen LogP contribution in [0.15, 0.2) is 28.6 Å². The lowest BCUT2D eigenvalue weighted by atomic mass is 10.2. The zero-order valence-electron chi connectivity index (χ0n) is 11.8. The van der Waals surface area contributed by atoms with Gasteiger partial charge in [0.1, 0.15) is 0 Å². The Hall–Kier alpha value is -1.08. The first-order chi connectivity index (χ1) is 10.5. The molecular formula is C15H13ClN2OS3. The van der Waals surface area contributed by atoms with E-state index in [1.54, 1.807) is 23.1 Å². The third-order valence-electron chi connectivity index (χ3n) is 3.14. The maximum absolute atomic E-state index is 11.0. The second kappa shape index (κ2) is 6.58. The van der Waals surface area contributed by atoms with Crippen LogP contribution < -0.4 is 5.73 Å². The zero-order chi connectivity index (χ0) is 15.7. The number of hydrogen-bond donors (Lipinski definition) is 1. The van der Waals surface area contributed by atoms with Crippen molar-refractivity contribution >= 4 is 62.0 Å². The number of carbonyl (C=O) groups excluding carboxylic acids is 1. The molecule has 22 heavy (non-hydrogen) atoms. The molecule has 1 aromatic carbocycles. The molecule has 0 radical (unpaired) electrons. The van der Waals surface area contributed by atoms with Crippen molar-refractivity contribution in [2.75, 3.05) is 0 Å². The Labute approximate surface area is 145 Å². The highest BCUT2D eigenvalue weighted by atomic mass is 35.5. The molecule has 0 aliphatic rings. The molecule has 0 fully saturated rings. The highest BCUT2D eigenvalue weighted by Crippen LogP contribution is 2.39. The van der Waals surface area contributed by atoms with Gasteiger partial charge in [0.15, 0.2) is 4.34 Å². The van der Waals surface area contributed by atoms with E-state index in [4.69, 9.17) is 17.3 Å². The molecule has 3 aromatic rings. The number of benzene rings is 1. The molecule has 0 saturated carbocycles. The zero-order valence-corrected chi connectivity index (χ0v) is 15.0. The molecule has 2 N–H and O–H groups in total. The SMILES string of the molecule is Cc1nc(SCc2sc3ccccc3c2Cl)sc1CC(N)=O. The Morgan fingerprint density at radius 2 is 2.09 bits per heavy atom. The van der Waals surface area contributed by atoms with Crippen LogP contribution in [0.4, 0.5) is 0 Å². The predicted octanol–water partition coefficient (Wildman–Crippen LogP) is 4.64. The fourth-order valence-electron chi connectivity index (χ4n) is 2.07. The topological polar surface area (TPSA) is 56.0 Å². The summed E-state index contributed by atoms with van der Waals surface area (Å²) in [6.45, 7) is 1.91. The standard InChI is InChI=1S/C15H13ClN2OS3/c1-8-11(6-13(17)19)22-15(18-8)20-7-12-14(16)9-4-2-3-5-10(9)21-12/h2-5H,6-7H2,1H3,(H2,17,19). The number of aromatic nitrogens is 1. The van der Waals surface area contributed by atoms with E-state index < -0.39 is 0 Å². The van der Waals surface area contributed by atoms with Gasteiger partial charge in [0, 0.05) is 25.6 Å². The van der Waals surface area contributed by atoms with Crippen LogP contribution in [0.25, 0.3) is 10.1 Å². The summed E-state index contributed by atoms with van der Waals surface area (Å²) in [6, 6.07) is 8.14. The fraction of sp³-hybridized carbons (Fsp3) is 0.200. The van der Waals surface area contributed by atoms with Crippen molar-refractivity contribution in [2.45, 2.75) is 23.4 Å². The number of nitrogens with two attached hydrogens (primary N) is 1. The van der Waals surface area contributed by atoms with Gasteiger partial charge in [0.25, 0.3) is 0 Å². The summed E-state index contributed by atoms with van der Waals surface area (Å²) in [5.41, 5.74) is 6.13. The van der Waals surface area contributed by atoms with Crippen molar-refractivity contribution in [3.63, 3.8) is 0 Å². The lowest BCUT2D eigenvalue weighted by Gasteiger charge is -1.95. The number of thioether (sulfide) groups is 1. The second-order valence-corrected chi connectivity index (χ2v) is 8.58. The van der Waals surface area contributed by atoms with E-state index in [1.807, 2.05) is 25.1 Å². The highest BCUT2D eigenvalue weighted by molar-refractivity contribution is 8.00. The number of halogens is 1. The van der Waals surface area contributed by atoms with Gasteiger partial charge in [-0.25, -0.2) is 4.98 Å². The number of thiophene rings is 1. The van der Waals surface area contributed by atoms with Gasteiger partial charge in [-0.05, 0) is 13.0 Å². The Morgan fingerprint density at radius 3 is 2.82 bits per heavy atom. The van der Waals surface area contributed by atoms with Gasteiger partial charge < -0.3 is 5.73 Å². The van der Waals surface area contributed by atoms with Crippen molar-refractivity contribution in [3.8, 4) is 0 Å². The van der Waals surface area contributed by atoms with E-state index in [2.05, 4.69) is 11.1 Å². The van der Waals surface area contributed by atoms with Crippen LogP contribution in [0, 0.1) is 6.92 Å².